The summed E-state index contributed by atoms with van der Waals surface area (Å²) in [7, 11) is 0. The molecule has 0 saturated heterocycles. The van der Waals surface area contributed by atoms with Crippen LogP contribution in [0.15, 0.2) is 29.0 Å². The average Bonchev–Trinajstić information content (AvgIpc) is 3.00. The summed E-state index contributed by atoms with van der Waals surface area (Å²) in [6, 6.07) is 5.53. The van der Waals surface area contributed by atoms with Crippen LogP contribution in [0.1, 0.15) is 29.5 Å². The Hall–Kier alpha value is -1.75. The van der Waals surface area contributed by atoms with E-state index in [2.05, 4.69) is 15.5 Å². The summed E-state index contributed by atoms with van der Waals surface area (Å²) in [5.41, 5.74) is 1.94. The van der Waals surface area contributed by atoms with Crippen molar-refractivity contribution in [1.29, 1.82) is 0 Å². The molecule has 0 radical (unpaired) electrons. The van der Waals surface area contributed by atoms with Crippen molar-refractivity contribution >= 4 is 0 Å². The predicted molar refractivity (Wildman–Crippen MR) is 63.5 cm³/mol. The van der Waals surface area contributed by atoms with Gasteiger partial charge in [-0.15, -0.1) is 0 Å². The molecule has 1 unspecified atom stereocenters. The zero-order valence-corrected chi connectivity index (χ0v) is 9.90. The third-order valence-electron chi connectivity index (χ3n) is 3.35. The zero-order chi connectivity index (χ0) is 12.4. The summed E-state index contributed by atoms with van der Waals surface area (Å²) >= 11 is 0. The van der Waals surface area contributed by atoms with Crippen molar-refractivity contribution in [3.8, 4) is 0 Å². The molecule has 0 bridgehead atoms. The number of halogens is 1. The Morgan fingerprint density at radius 3 is 3.22 bits per heavy atom. The lowest BCUT2D eigenvalue weighted by molar-refractivity contribution is 0.371. The number of nitrogens with one attached hydrogen (secondary N) is 1. The summed E-state index contributed by atoms with van der Waals surface area (Å²) in [6.07, 6.45) is 3.84. The van der Waals surface area contributed by atoms with Crippen molar-refractivity contribution in [2.75, 3.05) is 6.54 Å². The Labute approximate surface area is 104 Å². The molecule has 0 aliphatic heterocycles. The van der Waals surface area contributed by atoms with Crippen molar-refractivity contribution < 1.29 is 8.91 Å². The smallest absolute Gasteiger partial charge is 0.227 e. The van der Waals surface area contributed by atoms with Gasteiger partial charge in [0.15, 0.2) is 6.33 Å². The van der Waals surface area contributed by atoms with Gasteiger partial charge in [-0.25, -0.2) is 4.39 Å². The lowest BCUT2D eigenvalue weighted by atomic mass is 10.1. The molecule has 1 aliphatic carbocycles. The number of rotatable bonds is 4. The van der Waals surface area contributed by atoms with Gasteiger partial charge in [0.25, 0.3) is 0 Å². The Morgan fingerprint density at radius 1 is 1.44 bits per heavy atom. The molecule has 94 valence electrons. The highest BCUT2D eigenvalue weighted by molar-refractivity contribution is 5.35. The molecular formula is C13H14FN3O. The maximum Gasteiger partial charge on any atom is 0.227 e. The molecule has 0 saturated carbocycles. The van der Waals surface area contributed by atoms with Crippen LogP contribution in [0.5, 0.6) is 0 Å². The molecule has 2 aromatic rings. The third-order valence-corrected chi connectivity index (χ3v) is 3.35. The molecular weight excluding hydrogens is 233 g/mol. The number of fused-ring (bicyclic) bond motifs is 1. The highest BCUT2D eigenvalue weighted by Gasteiger charge is 2.24. The molecule has 0 fully saturated rings. The van der Waals surface area contributed by atoms with Gasteiger partial charge in [0.2, 0.25) is 5.89 Å². The molecule has 1 aromatic heterocycles. The number of benzene rings is 1. The fourth-order valence-electron chi connectivity index (χ4n) is 2.48. The second-order valence-electron chi connectivity index (χ2n) is 4.44. The summed E-state index contributed by atoms with van der Waals surface area (Å²) < 4.78 is 18.5. The molecule has 1 aromatic carbocycles. The molecule has 3 rings (SSSR count). The Morgan fingerprint density at radius 2 is 2.39 bits per heavy atom. The Bertz CT molecular complexity index is 527. The first-order valence-corrected chi connectivity index (χ1v) is 6.11. The van der Waals surface area contributed by atoms with E-state index in [1.165, 1.54) is 12.4 Å². The van der Waals surface area contributed by atoms with E-state index in [0.29, 0.717) is 12.3 Å². The number of hydrogen-bond donors (Lipinski definition) is 1. The molecule has 1 heterocycles. The fourth-order valence-corrected chi connectivity index (χ4v) is 2.48. The summed E-state index contributed by atoms with van der Waals surface area (Å²) in [4.78, 5) is 3.96. The predicted octanol–water partition coefficient (Wildman–Crippen LogP) is 2.03. The van der Waals surface area contributed by atoms with E-state index < -0.39 is 0 Å². The minimum absolute atomic E-state index is 0.0892. The van der Waals surface area contributed by atoms with Crippen molar-refractivity contribution in [2.45, 2.75) is 25.3 Å². The van der Waals surface area contributed by atoms with E-state index in [-0.39, 0.29) is 11.9 Å². The lowest BCUT2D eigenvalue weighted by Gasteiger charge is -2.13. The molecule has 18 heavy (non-hydrogen) atoms. The maximum atomic E-state index is 13.5. The van der Waals surface area contributed by atoms with E-state index in [9.17, 15) is 4.39 Å². The monoisotopic (exact) mass is 247 g/mol. The molecule has 5 heteroatoms. The minimum Gasteiger partial charge on any atom is -0.340 e. The Kier molecular flexibility index (Phi) is 3.06. The largest absolute Gasteiger partial charge is 0.340 e. The first-order valence-electron chi connectivity index (χ1n) is 6.11. The maximum absolute atomic E-state index is 13.5. The minimum atomic E-state index is -0.0892. The van der Waals surface area contributed by atoms with Gasteiger partial charge >= 0.3 is 0 Å². The standard InChI is InChI=1S/C13H14FN3O/c14-11-3-1-2-10-9(11)4-5-12(10)15-7-6-13-16-8-17-18-13/h1-3,8,12,15H,4-7H2. The highest BCUT2D eigenvalue weighted by Crippen LogP contribution is 2.32. The van der Waals surface area contributed by atoms with E-state index >= 15 is 0 Å². The van der Waals surface area contributed by atoms with Crippen LogP contribution in [0.4, 0.5) is 4.39 Å². The SMILES string of the molecule is Fc1cccc2c1CCC2NCCc1ncno1. The van der Waals surface area contributed by atoms with Crippen molar-refractivity contribution in [2.24, 2.45) is 0 Å². The average molecular weight is 247 g/mol. The summed E-state index contributed by atoms with van der Waals surface area (Å²) in [6.45, 7) is 0.753. The van der Waals surface area contributed by atoms with Crippen LogP contribution in [0.25, 0.3) is 0 Å². The molecule has 1 N–H and O–H groups in total. The van der Waals surface area contributed by atoms with E-state index in [4.69, 9.17) is 4.52 Å². The van der Waals surface area contributed by atoms with Gasteiger partial charge in [-0.1, -0.05) is 17.3 Å². The molecule has 4 nitrogen and oxygen atoms in total. The number of hydrogen-bond acceptors (Lipinski definition) is 4. The van der Waals surface area contributed by atoms with E-state index in [1.54, 1.807) is 6.07 Å². The zero-order valence-electron chi connectivity index (χ0n) is 9.90. The van der Waals surface area contributed by atoms with Gasteiger partial charge in [-0.05, 0) is 30.0 Å². The summed E-state index contributed by atoms with van der Waals surface area (Å²) in [5, 5.41) is 6.97. The van der Waals surface area contributed by atoms with Crippen molar-refractivity contribution in [1.82, 2.24) is 15.5 Å². The fraction of sp³-hybridized carbons (Fsp3) is 0.385. The molecule has 0 amide bonds. The third kappa shape index (κ3) is 2.13. The number of aromatic nitrogens is 2. The highest BCUT2D eigenvalue weighted by atomic mass is 19.1. The topological polar surface area (TPSA) is 51.0 Å². The second-order valence-corrected chi connectivity index (χ2v) is 4.44. The number of nitrogens with zero attached hydrogens (tertiary/aromatic N) is 2. The van der Waals surface area contributed by atoms with Gasteiger partial charge in [0, 0.05) is 19.0 Å². The van der Waals surface area contributed by atoms with Crippen LogP contribution in [0, 0.1) is 5.82 Å². The van der Waals surface area contributed by atoms with Crippen LogP contribution >= 0.6 is 0 Å². The molecule has 0 spiro atoms. The second kappa shape index (κ2) is 4.86. The van der Waals surface area contributed by atoms with Crippen LogP contribution in [0.2, 0.25) is 0 Å². The molecule has 1 aliphatic rings. The quantitative estimate of drug-likeness (QED) is 0.898. The van der Waals surface area contributed by atoms with Crippen molar-refractivity contribution in [3.63, 3.8) is 0 Å². The summed E-state index contributed by atoms with van der Waals surface area (Å²) in [5.74, 6) is 0.536. The van der Waals surface area contributed by atoms with Gasteiger partial charge in [-0.3, -0.25) is 0 Å². The van der Waals surface area contributed by atoms with Gasteiger partial charge in [0.1, 0.15) is 5.82 Å². The first-order chi connectivity index (χ1) is 8.84. The van der Waals surface area contributed by atoms with Crippen molar-refractivity contribution in [3.05, 3.63) is 47.4 Å². The van der Waals surface area contributed by atoms with Crippen LogP contribution in [-0.4, -0.2) is 16.7 Å². The lowest BCUT2D eigenvalue weighted by Crippen LogP contribution is -2.22. The van der Waals surface area contributed by atoms with Crippen LogP contribution < -0.4 is 5.32 Å². The Balaban J connectivity index is 1.61. The van der Waals surface area contributed by atoms with Gasteiger partial charge in [0.05, 0.1) is 0 Å². The van der Waals surface area contributed by atoms with E-state index in [1.807, 2.05) is 6.07 Å². The van der Waals surface area contributed by atoms with Crippen LogP contribution in [-0.2, 0) is 12.8 Å². The van der Waals surface area contributed by atoms with Gasteiger partial charge < -0.3 is 9.84 Å². The first kappa shape index (κ1) is 11.3. The molecule has 1 atom stereocenters. The van der Waals surface area contributed by atoms with E-state index in [0.717, 1.165) is 30.5 Å². The normalized spacial score (nSPS) is 17.9. The van der Waals surface area contributed by atoms with Gasteiger partial charge in [-0.2, -0.15) is 4.98 Å². The van der Waals surface area contributed by atoms with Crippen LogP contribution in [0.3, 0.4) is 0 Å².